The number of hydrogen-bond acceptors (Lipinski definition) is 3. The van der Waals surface area contributed by atoms with E-state index in [1.54, 1.807) is 0 Å². The Hall–Kier alpha value is -0.910. The van der Waals surface area contributed by atoms with E-state index in [0.29, 0.717) is 0 Å². The molecule has 1 aromatic rings. The Bertz CT molecular complexity index is 485. The lowest BCUT2D eigenvalue weighted by Crippen LogP contribution is -2.41. The van der Waals surface area contributed by atoms with E-state index in [1.165, 1.54) is 11.1 Å². The maximum Gasteiger partial charge on any atom is 0.213 e. The van der Waals surface area contributed by atoms with Crippen molar-refractivity contribution in [1.82, 2.24) is 4.72 Å². The molecule has 2 rings (SSSR count). The van der Waals surface area contributed by atoms with E-state index in [4.69, 9.17) is 5.73 Å². The minimum atomic E-state index is -3.21. The third-order valence-electron chi connectivity index (χ3n) is 3.08. The number of nitrogens with one attached hydrogen (secondary N) is 1. The molecular formula is C12H18N2O2S. The van der Waals surface area contributed by atoms with E-state index in [1.807, 2.05) is 12.1 Å². The van der Waals surface area contributed by atoms with Crippen LogP contribution in [0.3, 0.4) is 0 Å². The Morgan fingerprint density at radius 3 is 2.71 bits per heavy atom. The zero-order valence-corrected chi connectivity index (χ0v) is 10.5. The van der Waals surface area contributed by atoms with Crippen LogP contribution < -0.4 is 10.5 Å². The minimum Gasteiger partial charge on any atom is -0.329 e. The van der Waals surface area contributed by atoms with Gasteiger partial charge in [0, 0.05) is 12.6 Å². The Balaban J connectivity index is 2.04. The van der Waals surface area contributed by atoms with Gasteiger partial charge in [0.2, 0.25) is 10.0 Å². The molecular weight excluding hydrogens is 236 g/mol. The normalized spacial score (nSPS) is 19.9. The topological polar surface area (TPSA) is 72.2 Å². The number of fused-ring (bicyclic) bond motifs is 1. The van der Waals surface area contributed by atoms with Gasteiger partial charge in [0.05, 0.1) is 5.75 Å². The summed E-state index contributed by atoms with van der Waals surface area (Å²) in [6, 6.07) is 8.22. The summed E-state index contributed by atoms with van der Waals surface area (Å²) in [7, 11) is -3.21. The molecule has 1 aliphatic carbocycles. The molecule has 0 amide bonds. The Morgan fingerprint density at radius 2 is 2.00 bits per heavy atom. The number of hydrogen-bond donors (Lipinski definition) is 2. The molecule has 1 unspecified atom stereocenters. The molecule has 1 aromatic carbocycles. The summed E-state index contributed by atoms with van der Waals surface area (Å²) < 4.78 is 26.0. The van der Waals surface area contributed by atoms with Crippen LogP contribution in [-0.4, -0.2) is 26.8 Å². The van der Waals surface area contributed by atoms with Crippen LogP contribution in [0.2, 0.25) is 0 Å². The van der Waals surface area contributed by atoms with Gasteiger partial charge in [-0.15, -0.1) is 0 Å². The number of sulfonamides is 1. The fourth-order valence-corrected chi connectivity index (χ4v) is 3.40. The summed E-state index contributed by atoms with van der Waals surface area (Å²) in [6.45, 7) is 0.165. The van der Waals surface area contributed by atoms with Gasteiger partial charge in [0.1, 0.15) is 0 Å². The van der Waals surface area contributed by atoms with E-state index in [0.717, 1.165) is 19.3 Å². The van der Waals surface area contributed by atoms with Gasteiger partial charge in [-0.2, -0.15) is 0 Å². The summed E-state index contributed by atoms with van der Waals surface area (Å²) in [5.41, 5.74) is 7.86. The largest absolute Gasteiger partial charge is 0.329 e. The highest BCUT2D eigenvalue weighted by molar-refractivity contribution is 7.89. The van der Waals surface area contributed by atoms with Crippen LogP contribution >= 0.6 is 0 Å². The highest BCUT2D eigenvalue weighted by Gasteiger charge is 2.22. The van der Waals surface area contributed by atoms with Crippen LogP contribution in [0, 0.1) is 0 Å². The first-order valence-corrected chi connectivity index (χ1v) is 7.53. The maximum atomic E-state index is 11.6. The molecule has 0 saturated carbocycles. The first-order valence-electron chi connectivity index (χ1n) is 5.87. The Morgan fingerprint density at radius 1 is 1.29 bits per heavy atom. The van der Waals surface area contributed by atoms with Crippen LogP contribution in [0.15, 0.2) is 24.3 Å². The molecule has 1 aliphatic rings. The molecule has 0 aliphatic heterocycles. The molecule has 0 radical (unpaired) electrons. The van der Waals surface area contributed by atoms with E-state index in [-0.39, 0.29) is 18.3 Å². The summed E-state index contributed by atoms with van der Waals surface area (Å²) >= 11 is 0. The van der Waals surface area contributed by atoms with Crippen molar-refractivity contribution in [3.8, 4) is 0 Å². The quantitative estimate of drug-likeness (QED) is 0.818. The zero-order valence-electron chi connectivity index (χ0n) is 9.72. The van der Waals surface area contributed by atoms with Crippen molar-refractivity contribution in [2.75, 3.05) is 12.3 Å². The molecule has 4 nitrogen and oxygen atoms in total. The molecule has 0 aromatic heterocycles. The standard InChI is InChI=1S/C12H18N2O2S/c13-7-8-17(15,16)14-12-6-5-10-3-1-2-4-11(10)9-12/h1-4,12,14H,5-9,13H2. The lowest BCUT2D eigenvalue weighted by Gasteiger charge is -2.25. The van der Waals surface area contributed by atoms with Gasteiger partial charge in [0.15, 0.2) is 0 Å². The van der Waals surface area contributed by atoms with Crippen molar-refractivity contribution in [2.45, 2.75) is 25.3 Å². The smallest absolute Gasteiger partial charge is 0.213 e. The molecule has 0 saturated heterocycles. The van der Waals surface area contributed by atoms with Gasteiger partial charge in [-0.3, -0.25) is 0 Å². The monoisotopic (exact) mass is 254 g/mol. The fourth-order valence-electron chi connectivity index (χ4n) is 2.27. The number of rotatable bonds is 4. The highest BCUT2D eigenvalue weighted by atomic mass is 32.2. The van der Waals surface area contributed by atoms with Gasteiger partial charge < -0.3 is 5.73 Å². The van der Waals surface area contributed by atoms with E-state index < -0.39 is 10.0 Å². The third kappa shape index (κ3) is 3.28. The van der Waals surface area contributed by atoms with Crippen molar-refractivity contribution < 1.29 is 8.42 Å². The Labute approximate surface area is 102 Å². The van der Waals surface area contributed by atoms with Crippen LogP contribution in [-0.2, 0) is 22.9 Å². The second kappa shape index (κ2) is 5.16. The van der Waals surface area contributed by atoms with Crippen molar-refractivity contribution in [2.24, 2.45) is 5.73 Å². The van der Waals surface area contributed by atoms with E-state index >= 15 is 0 Å². The second-order valence-electron chi connectivity index (χ2n) is 4.43. The van der Waals surface area contributed by atoms with Gasteiger partial charge in [-0.05, 0) is 30.4 Å². The molecule has 94 valence electrons. The summed E-state index contributed by atoms with van der Waals surface area (Å²) in [5, 5.41) is 0. The predicted molar refractivity (Wildman–Crippen MR) is 68.2 cm³/mol. The molecule has 0 heterocycles. The molecule has 3 N–H and O–H groups in total. The summed E-state index contributed by atoms with van der Waals surface area (Å²) in [6.07, 6.45) is 2.58. The molecule has 0 fully saturated rings. The molecule has 17 heavy (non-hydrogen) atoms. The van der Waals surface area contributed by atoms with E-state index in [9.17, 15) is 8.42 Å². The molecule has 0 spiro atoms. The van der Waals surface area contributed by atoms with Crippen molar-refractivity contribution in [3.05, 3.63) is 35.4 Å². The van der Waals surface area contributed by atoms with Crippen LogP contribution in [0.4, 0.5) is 0 Å². The van der Waals surface area contributed by atoms with Crippen molar-refractivity contribution >= 4 is 10.0 Å². The van der Waals surface area contributed by atoms with Crippen molar-refractivity contribution in [1.29, 1.82) is 0 Å². The molecule has 1 atom stereocenters. The summed E-state index contributed by atoms with van der Waals surface area (Å²) in [5.74, 6) is 0.00511. The van der Waals surface area contributed by atoms with Gasteiger partial charge >= 0.3 is 0 Å². The zero-order chi connectivity index (χ0) is 12.3. The summed E-state index contributed by atoms with van der Waals surface area (Å²) in [4.78, 5) is 0. The number of benzene rings is 1. The molecule has 0 bridgehead atoms. The second-order valence-corrected chi connectivity index (χ2v) is 6.31. The average molecular weight is 254 g/mol. The van der Waals surface area contributed by atoms with Gasteiger partial charge in [0.25, 0.3) is 0 Å². The molecule has 5 heteroatoms. The first kappa shape index (κ1) is 12.5. The first-order chi connectivity index (χ1) is 8.11. The van der Waals surface area contributed by atoms with E-state index in [2.05, 4.69) is 16.9 Å². The van der Waals surface area contributed by atoms with Gasteiger partial charge in [-0.1, -0.05) is 24.3 Å². The van der Waals surface area contributed by atoms with Gasteiger partial charge in [-0.25, -0.2) is 13.1 Å². The SMILES string of the molecule is NCCS(=O)(=O)NC1CCc2ccccc2C1. The fraction of sp³-hybridized carbons (Fsp3) is 0.500. The lowest BCUT2D eigenvalue weighted by molar-refractivity contribution is 0.507. The predicted octanol–water partition coefficient (Wildman–Crippen LogP) is 0.422. The Kier molecular flexibility index (Phi) is 3.81. The number of aryl methyl sites for hydroxylation is 1. The maximum absolute atomic E-state index is 11.6. The third-order valence-corrected chi connectivity index (χ3v) is 4.55. The van der Waals surface area contributed by atoms with Crippen LogP contribution in [0.1, 0.15) is 17.5 Å². The van der Waals surface area contributed by atoms with Crippen molar-refractivity contribution in [3.63, 3.8) is 0 Å². The lowest BCUT2D eigenvalue weighted by atomic mass is 9.89. The average Bonchev–Trinajstić information content (AvgIpc) is 2.28. The van der Waals surface area contributed by atoms with Crippen LogP contribution in [0.25, 0.3) is 0 Å². The minimum absolute atomic E-state index is 0.00511. The van der Waals surface area contributed by atoms with Crippen LogP contribution in [0.5, 0.6) is 0 Å². The highest BCUT2D eigenvalue weighted by Crippen LogP contribution is 2.21. The number of nitrogens with two attached hydrogens (primary N) is 1.